The Kier molecular flexibility index (Phi) is 6.92. The SMILES string of the molecule is CN(Cc1nc2ccc(Cl)cc2[nH]1)CC1(O)CCNC1.Cl.Cl. The largest absolute Gasteiger partial charge is 0.387 e. The van der Waals surface area contributed by atoms with Gasteiger partial charge in [-0.1, -0.05) is 11.6 Å². The second-order valence-electron chi connectivity index (χ2n) is 5.67. The Morgan fingerprint density at radius 2 is 2.18 bits per heavy atom. The first-order valence-corrected chi connectivity index (χ1v) is 7.18. The molecule has 0 spiro atoms. The number of likely N-dealkylation sites (N-methyl/N-ethyl adjacent to an activating group) is 1. The van der Waals surface area contributed by atoms with E-state index in [1.54, 1.807) is 0 Å². The summed E-state index contributed by atoms with van der Waals surface area (Å²) in [5.41, 5.74) is 1.24. The summed E-state index contributed by atoms with van der Waals surface area (Å²) in [4.78, 5) is 9.90. The minimum Gasteiger partial charge on any atom is -0.387 e. The van der Waals surface area contributed by atoms with E-state index < -0.39 is 5.60 Å². The Morgan fingerprint density at radius 1 is 1.41 bits per heavy atom. The summed E-state index contributed by atoms with van der Waals surface area (Å²) in [6.07, 6.45) is 0.799. The maximum atomic E-state index is 10.4. The van der Waals surface area contributed by atoms with Gasteiger partial charge in [-0.05, 0) is 38.2 Å². The number of aromatic nitrogens is 2. The van der Waals surface area contributed by atoms with E-state index in [9.17, 15) is 5.11 Å². The van der Waals surface area contributed by atoms with Crippen molar-refractivity contribution in [2.24, 2.45) is 0 Å². The van der Waals surface area contributed by atoms with Crippen molar-refractivity contribution >= 4 is 47.4 Å². The van der Waals surface area contributed by atoms with Crippen LogP contribution >= 0.6 is 36.4 Å². The van der Waals surface area contributed by atoms with Gasteiger partial charge in [0.25, 0.3) is 0 Å². The number of nitrogens with zero attached hydrogens (tertiary/aromatic N) is 2. The molecule has 1 unspecified atom stereocenters. The molecule has 0 aliphatic carbocycles. The van der Waals surface area contributed by atoms with E-state index in [1.165, 1.54) is 0 Å². The molecular formula is C14H21Cl3N4O. The fraction of sp³-hybridized carbons (Fsp3) is 0.500. The van der Waals surface area contributed by atoms with E-state index in [1.807, 2.05) is 25.2 Å². The Hall–Kier alpha value is -0.560. The standard InChI is InChI=1S/C14H19ClN4O.2ClH/c1-19(9-14(20)4-5-16-8-14)7-13-17-11-3-2-10(15)6-12(11)18-13;;/h2-3,6,16,20H,4-5,7-9H2,1H3,(H,17,18);2*1H. The second kappa shape index (κ2) is 7.81. The fourth-order valence-electron chi connectivity index (χ4n) is 2.79. The minimum absolute atomic E-state index is 0. The van der Waals surface area contributed by atoms with Crippen molar-refractivity contribution in [3.63, 3.8) is 0 Å². The van der Waals surface area contributed by atoms with Gasteiger partial charge in [0.1, 0.15) is 5.82 Å². The van der Waals surface area contributed by atoms with Crippen LogP contribution in [-0.2, 0) is 6.54 Å². The number of nitrogens with one attached hydrogen (secondary N) is 2. The predicted octanol–water partition coefficient (Wildman–Crippen LogP) is 2.22. The van der Waals surface area contributed by atoms with Crippen LogP contribution in [0.2, 0.25) is 5.02 Å². The molecule has 1 saturated heterocycles. The Bertz CT molecular complexity index is 613. The summed E-state index contributed by atoms with van der Waals surface area (Å²) in [5.74, 6) is 0.888. The third-order valence-corrected chi connectivity index (χ3v) is 3.93. The molecule has 0 bridgehead atoms. The molecule has 22 heavy (non-hydrogen) atoms. The smallest absolute Gasteiger partial charge is 0.121 e. The number of β-amino-alcohol motifs (C(OH)–C–C–N with tert-alkyl or cyclic N) is 1. The van der Waals surface area contributed by atoms with E-state index >= 15 is 0 Å². The lowest BCUT2D eigenvalue weighted by Gasteiger charge is -2.27. The number of benzene rings is 1. The summed E-state index contributed by atoms with van der Waals surface area (Å²) in [5, 5.41) is 14.3. The average molecular weight is 368 g/mol. The minimum atomic E-state index is -0.621. The molecule has 8 heteroatoms. The molecule has 0 saturated carbocycles. The van der Waals surface area contributed by atoms with Crippen LogP contribution in [0.3, 0.4) is 0 Å². The molecule has 3 rings (SSSR count). The van der Waals surface area contributed by atoms with Crippen molar-refractivity contribution in [3.05, 3.63) is 29.0 Å². The fourth-order valence-corrected chi connectivity index (χ4v) is 2.96. The van der Waals surface area contributed by atoms with Gasteiger partial charge in [0, 0.05) is 18.1 Å². The van der Waals surface area contributed by atoms with Gasteiger partial charge in [-0.3, -0.25) is 4.90 Å². The highest BCUT2D eigenvalue weighted by molar-refractivity contribution is 6.31. The molecule has 1 fully saturated rings. The second-order valence-corrected chi connectivity index (χ2v) is 6.10. The number of halogens is 3. The van der Waals surface area contributed by atoms with Crippen LogP contribution < -0.4 is 5.32 Å². The van der Waals surface area contributed by atoms with Crippen molar-refractivity contribution < 1.29 is 5.11 Å². The first kappa shape index (κ1) is 19.5. The third kappa shape index (κ3) is 4.47. The van der Waals surface area contributed by atoms with E-state index in [4.69, 9.17) is 11.6 Å². The van der Waals surface area contributed by atoms with Crippen molar-refractivity contribution in [1.82, 2.24) is 20.2 Å². The zero-order valence-corrected chi connectivity index (χ0v) is 14.7. The van der Waals surface area contributed by atoms with E-state index in [0.29, 0.717) is 24.7 Å². The van der Waals surface area contributed by atoms with E-state index in [2.05, 4.69) is 20.2 Å². The van der Waals surface area contributed by atoms with E-state index in [-0.39, 0.29) is 24.8 Å². The van der Waals surface area contributed by atoms with Gasteiger partial charge in [0.15, 0.2) is 0 Å². The summed E-state index contributed by atoms with van der Waals surface area (Å²) in [6.45, 7) is 2.85. The van der Waals surface area contributed by atoms with Crippen molar-refractivity contribution in [2.45, 2.75) is 18.6 Å². The van der Waals surface area contributed by atoms with Crippen LogP contribution in [-0.4, -0.2) is 52.3 Å². The number of rotatable bonds is 4. The molecular weight excluding hydrogens is 347 g/mol. The molecule has 1 aromatic carbocycles. The normalized spacial score (nSPS) is 20.9. The van der Waals surface area contributed by atoms with Gasteiger partial charge in [-0.25, -0.2) is 4.98 Å². The number of fused-ring (bicyclic) bond motifs is 1. The summed E-state index contributed by atoms with van der Waals surface area (Å²) in [6, 6.07) is 5.62. The van der Waals surface area contributed by atoms with E-state index in [0.717, 1.165) is 29.8 Å². The maximum absolute atomic E-state index is 10.4. The molecule has 2 heterocycles. The average Bonchev–Trinajstić information content (AvgIpc) is 2.94. The van der Waals surface area contributed by atoms with Gasteiger partial charge >= 0.3 is 0 Å². The first-order valence-electron chi connectivity index (χ1n) is 6.80. The zero-order valence-electron chi connectivity index (χ0n) is 12.3. The molecule has 0 amide bonds. The first-order chi connectivity index (χ1) is 9.54. The zero-order chi connectivity index (χ0) is 14.2. The monoisotopic (exact) mass is 366 g/mol. The highest BCUT2D eigenvalue weighted by Gasteiger charge is 2.32. The number of hydrogen-bond donors (Lipinski definition) is 3. The maximum Gasteiger partial charge on any atom is 0.121 e. The number of imidazole rings is 1. The molecule has 1 aliphatic rings. The van der Waals surface area contributed by atoms with Gasteiger partial charge in [-0.2, -0.15) is 0 Å². The molecule has 124 valence electrons. The summed E-state index contributed by atoms with van der Waals surface area (Å²) >= 11 is 5.97. The Balaban J connectivity index is 0.00000121. The van der Waals surface area contributed by atoms with Gasteiger partial charge in [-0.15, -0.1) is 24.8 Å². The lowest BCUT2D eigenvalue weighted by molar-refractivity contribution is 0.0259. The number of aliphatic hydroxyl groups is 1. The van der Waals surface area contributed by atoms with Crippen molar-refractivity contribution in [3.8, 4) is 0 Å². The molecule has 1 aromatic heterocycles. The third-order valence-electron chi connectivity index (χ3n) is 3.70. The topological polar surface area (TPSA) is 64.2 Å². The van der Waals surface area contributed by atoms with Gasteiger partial charge in [0.2, 0.25) is 0 Å². The molecule has 3 N–H and O–H groups in total. The van der Waals surface area contributed by atoms with Crippen LogP contribution in [0.15, 0.2) is 18.2 Å². The molecule has 1 aliphatic heterocycles. The molecule has 2 aromatic rings. The van der Waals surface area contributed by atoms with Gasteiger partial charge < -0.3 is 15.4 Å². The van der Waals surface area contributed by atoms with Crippen LogP contribution in [0, 0.1) is 0 Å². The summed E-state index contributed by atoms with van der Waals surface area (Å²) in [7, 11) is 2.00. The van der Waals surface area contributed by atoms with Crippen LogP contribution in [0.5, 0.6) is 0 Å². The highest BCUT2D eigenvalue weighted by atomic mass is 35.5. The van der Waals surface area contributed by atoms with Crippen LogP contribution in [0.25, 0.3) is 11.0 Å². The number of hydrogen-bond acceptors (Lipinski definition) is 4. The molecule has 5 nitrogen and oxygen atoms in total. The van der Waals surface area contributed by atoms with Crippen LogP contribution in [0.1, 0.15) is 12.2 Å². The molecule has 0 radical (unpaired) electrons. The number of aromatic amines is 1. The number of H-pyrrole nitrogens is 1. The quantitative estimate of drug-likeness (QED) is 0.775. The lowest BCUT2D eigenvalue weighted by Crippen LogP contribution is -2.43. The lowest BCUT2D eigenvalue weighted by atomic mass is 10.0. The van der Waals surface area contributed by atoms with Crippen molar-refractivity contribution in [2.75, 3.05) is 26.7 Å². The predicted molar refractivity (Wildman–Crippen MR) is 94.4 cm³/mol. The Morgan fingerprint density at radius 3 is 2.86 bits per heavy atom. The highest BCUT2D eigenvalue weighted by Crippen LogP contribution is 2.19. The molecule has 1 atom stereocenters. The Labute approximate surface area is 147 Å². The van der Waals surface area contributed by atoms with Crippen LogP contribution in [0.4, 0.5) is 0 Å². The summed E-state index contributed by atoms with van der Waals surface area (Å²) < 4.78 is 0. The van der Waals surface area contributed by atoms with Gasteiger partial charge in [0.05, 0.1) is 23.2 Å². The van der Waals surface area contributed by atoms with Crippen molar-refractivity contribution in [1.29, 1.82) is 0 Å².